The number of ether oxygens (including phenoxy) is 3. The van der Waals surface area contributed by atoms with E-state index in [2.05, 4.69) is 14.4 Å². The molecule has 2 aliphatic rings. The van der Waals surface area contributed by atoms with Crippen LogP contribution in [0.5, 0.6) is 0 Å². The molecule has 3 amide bonds. The second kappa shape index (κ2) is 11.1. The van der Waals surface area contributed by atoms with Crippen LogP contribution in [0.3, 0.4) is 0 Å². The maximum absolute atomic E-state index is 15.1. The molecule has 1 saturated heterocycles. The summed E-state index contributed by atoms with van der Waals surface area (Å²) in [6.45, 7) is 2.74. The zero-order valence-electron chi connectivity index (χ0n) is 20.8. The van der Waals surface area contributed by atoms with Crippen LogP contribution in [0.4, 0.5) is 25.4 Å². The van der Waals surface area contributed by atoms with Crippen LogP contribution in [0.2, 0.25) is 0 Å². The zero-order valence-corrected chi connectivity index (χ0v) is 22.0. The van der Waals surface area contributed by atoms with Crippen molar-refractivity contribution in [3.05, 3.63) is 41.5 Å². The number of benzene rings is 1. The molecule has 0 bridgehead atoms. The van der Waals surface area contributed by atoms with Crippen molar-refractivity contribution in [1.82, 2.24) is 14.7 Å². The molecule has 3 heterocycles. The molecule has 206 valence electrons. The standard InChI is InChI=1S/C22H27FN5O9P/c1-4-34-22(32,37-38-33)36-21(31)27(13(2)29)10-16-11-28(20(30)35-16)15-5-6-19(17(23)7-15)26-9-14-8-25(3)24-18(14)12-26/h5-8,16,32H,4,9-12,38H2,1-3H3. The Balaban J connectivity index is 1.42. The summed E-state index contributed by atoms with van der Waals surface area (Å²) in [5.74, 6) is -1.34. The first-order valence-corrected chi connectivity index (χ1v) is 12.5. The lowest BCUT2D eigenvalue weighted by Gasteiger charge is -2.27. The second-order valence-electron chi connectivity index (χ2n) is 8.55. The number of fused-ring (bicyclic) bond motifs is 1. The van der Waals surface area contributed by atoms with Crippen molar-refractivity contribution in [3.63, 3.8) is 0 Å². The molecular weight excluding hydrogens is 528 g/mol. The van der Waals surface area contributed by atoms with Crippen LogP contribution in [0.1, 0.15) is 25.1 Å². The molecule has 16 heteroatoms. The molecule has 1 fully saturated rings. The van der Waals surface area contributed by atoms with E-state index in [9.17, 15) is 24.1 Å². The highest BCUT2D eigenvalue weighted by atomic mass is 31.1. The van der Waals surface area contributed by atoms with E-state index in [-0.39, 0.29) is 18.8 Å². The molecule has 0 aliphatic carbocycles. The molecule has 38 heavy (non-hydrogen) atoms. The monoisotopic (exact) mass is 555 g/mol. The van der Waals surface area contributed by atoms with Gasteiger partial charge < -0.3 is 19.5 Å². The second-order valence-corrected chi connectivity index (χ2v) is 8.98. The number of cyclic esters (lactones) is 1. The quantitative estimate of drug-likeness (QED) is 0.355. The first kappa shape index (κ1) is 27.5. The van der Waals surface area contributed by atoms with Crippen LogP contribution < -0.4 is 9.80 Å². The summed E-state index contributed by atoms with van der Waals surface area (Å²) in [4.78, 5) is 40.7. The Morgan fingerprint density at radius 3 is 2.76 bits per heavy atom. The number of anilines is 2. The van der Waals surface area contributed by atoms with Gasteiger partial charge in [0.15, 0.2) is 8.69 Å². The Hall–Kier alpha value is -3.52. The fourth-order valence-corrected chi connectivity index (χ4v) is 4.48. The lowest BCUT2D eigenvalue weighted by molar-refractivity contribution is -0.430. The van der Waals surface area contributed by atoms with Crippen LogP contribution in [0, 0.1) is 5.82 Å². The summed E-state index contributed by atoms with van der Waals surface area (Å²) in [5, 5.41) is 14.4. The van der Waals surface area contributed by atoms with Crippen molar-refractivity contribution in [2.45, 2.75) is 39.2 Å². The Bertz CT molecular complexity index is 1240. The first-order chi connectivity index (χ1) is 18.0. The van der Waals surface area contributed by atoms with E-state index in [0.29, 0.717) is 23.7 Å². The lowest BCUT2D eigenvalue weighted by Crippen LogP contribution is -2.48. The van der Waals surface area contributed by atoms with Crippen molar-refractivity contribution in [2.75, 3.05) is 29.5 Å². The van der Waals surface area contributed by atoms with Gasteiger partial charge in [-0.2, -0.15) is 5.10 Å². The molecular formula is C22H27FN5O9P. The van der Waals surface area contributed by atoms with E-state index in [0.717, 1.165) is 18.2 Å². The molecule has 2 aliphatic heterocycles. The van der Waals surface area contributed by atoms with Gasteiger partial charge in [0.05, 0.1) is 43.3 Å². The third kappa shape index (κ3) is 5.80. The number of halogens is 1. The molecule has 2 aromatic rings. The topological polar surface area (TPSA) is 153 Å². The number of aliphatic hydroxyl groups is 1. The van der Waals surface area contributed by atoms with Gasteiger partial charge in [-0.25, -0.2) is 23.4 Å². The largest absolute Gasteiger partial charge is 0.466 e. The fourth-order valence-electron chi connectivity index (χ4n) is 4.24. The van der Waals surface area contributed by atoms with E-state index >= 15 is 4.39 Å². The SMILES string of the molecule is CCOC(O)(O[PH2]=O)OC(=O)N(CC1CN(c2ccc(N3Cc4cn(C)nc4C3)c(F)c2)C(=O)O1)C(C)=O. The number of carbonyl (C=O) groups excluding carboxylic acids is 3. The van der Waals surface area contributed by atoms with Crippen LogP contribution in [-0.2, 0) is 48.2 Å². The number of nitrogens with zero attached hydrogens (tertiary/aromatic N) is 5. The van der Waals surface area contributed by atoms with Gasteiger partial charge in [-0.1, -0.05) is 0 Å². The van der Waals surface area contributed by atoms with Crippen LogP contribution >= 0.6 is 8.69 Å². The summed E-state index contributed by atoms with van der Waals surface area (Å²) < 4.78 is 46.7. The highest BCUT2D eigenvalue weighted by Crippen LogP contribution is 2.33. The van der Waals surface area contributed by atoms with Gasteiger partial charge in [-0.3, -0.25) is 23.7 Å². The van der Waals surface area contributed by atoms with Gasteiger partial charge in [0.1, 0.15) is 11.9 Å². The lowest BCUT2D eigenvalue weighted by atomic mass is 10.2. The Morgan fingerprint density at radius 1 is 1.37 bits per heavy atom. The Morgan fingerprint density at radius 2 is 2.13 bits per heavy atom. The molecule has 0 saturated carbocycles. The Kier molecular flexibility index (Phi) is 8.02. The van der Waals surface area contributed by atoms with Crippen LogP contribution in [0.15, 0.2) is 24.4 Å². The van der Waals surface area contributed by atoms with Gasteiger partial charge in [0, 0.05) is 32.3 Å². The molecule has 1 aromatic carbocycles. The van der Waals surface area contributed by atoms with Crippen molar-refractivity contribution < 1.29 is 47.2 Å². The maximum atomic E-state index is 15.1. The third-order valence-electron chi connectivity index (χ3n) is 5.88. The number of imide groups is 1. The highest BCUT2D eigenvalue weighted by Gasteiger charge is 2.40. The molecule has 0 spiro atoms. The molecule has 3 atom stereocenters. The minimum Gasteiger partial charge on any atom is -0.442 e. The van der Waals surface area contributed by atoms with Crippen molar-refractivity contribution >= 4 is 38.2 Å². The van der Waals surface area contributed by atoms with E-state index in [1.807, 2.05) is 18.1 Å². The first-order valence-electron chi connectivity index (χ1n) is 11.6. The number of hydrogen-bond acceptors (Lipinski definition) is 11. The fraction of sp³-hybridized carbons (Fsp3) is 0.455. The van der Waals surface area contributed by atoms with Crippen LogP contribution in [0.25, 0.3) is 0 Å². The van der Waals surface area contributed by atoms with E-state index < -0.39 is 51.4 Å². The van der Waals surface area contributed by atoms with Crippen molar-refractivity contribution in [2.24, 2.45) is 7.05 Å². The van der Waals surface area contributed by atoms with E-state index in [1.54, 1.807) is 16.8 Å². The number of aryl methyl sites for hydroxylation is 1. The van der Waals surface area contributed by atoms with E-state index in [4.69, 9.17) is 9.47 Å². The number of rotatable bonds is 9. The molecule has 4 rings (SSSR count). The minimum atomic E-state index is -2.96. The smallest absolute Gasteiger partial charge is 0.442 e. The zero-order chi connectivity index (χ0) is 27.6. The average molecular weight is 555 g/mol. The average Bonchev–Trinajstić information content (AvgIpc) is 3.49. The number of aromatic nitrogens is 2. The van der Waals surface area contributed by atoms with Crippen molar-refractivity contribution in [3.8, 4) is 0 Å². The summed E-state index contributed by atoms with van der Waals surface area (Å²) >= 11 is 0. The molecule has 0 radical (unpaired) electrons. The summed E-state index contributed by atoms with van der Waals surface area (Å²) in [5.41, 5.74) is 2.46. The molecule has 1 N–H and O–H groups in total. The minimum absolute atomic E-state index is 0.106. The predicted molar refractivity (Wildman–Crippen MR) is 129 cm³/mol. The van der Waals surface area contributed by atoms with Gasteiger partial charge in [0.25, 0.3) is 0 Å². The Labute approximate surface area is 217 Å². The predicted octanol–water partition coefficient (Wildman–Crippen LogP) is 1.72. The van der Waals surface area contributed by atoms with Gasteiger partial charge in [-0.15, -0.1) is 0 Å². The normalized spacial score (nSPS) is 18.6. The maximum Gasteiger partial charge on any atom is 0.466 e. The molecule has 1 aromatic heterocycles. The highest BCUT2D eigenvalue weighted by molar-refractivity contribution is 7.17. The number of hydrogen-bond donors (Lipinski definition) is 1. The number of carbonyl (C=O) groups is 3. The van der Waals surface area contributed by atoms with Gasteiger partial charge in [-0.05, 0) is 25.1 Å². The number of amides is 3. The van der Waals surface area contributed by atoms with Gasteiger partial charge in [0.2, 0.25) is 5.91 Å². The molecule has 14 nitrogen and oxygen atoms in total. The summed E-state index contributed by atoms with van der Waals surface area (Å²) in [6.07, 6.45) is -4.25. The molecule has 3 unspecified atom stereocenters. The van der Waals surface area contributed by atoms with Gasteiger partial charge >= 0.3 is 18.3 Å². The van der Waals surface area contributed by atoms with Crippen LogP contribution in [-0.4, -0.2) is 69.8 Å². The third-order valence-corrected chi connectivity index (χ3v) is 6.27. The van der Waals surface area contributed by atoms with Crippen molar-refractivity contribution in [1.29, 1.82) is 0 Å². The summed E-state index contributed by atoms with van der Waals surface area (Å²) in [7, 11) is -0.198. The summed E-state index contributed by atoms with van der Waals surface area (Å²) in [6, 6.07) is 4.33. The van der Waals surface area contributed by atoms with E-state index in [1.165, 1.54) is 17.9 Å².